The van der Waals surface area contributed by atoms with E-state index in [1.165, 1.54) is 5.56 Å². The van der Waals surface area contributed by atoms with Gasteiger partial charge < -0.3 is 15.2 Å². The molecule has 0 aliphatic rings. The second kappa shape index (κ2) is 5.22. The van der Waals surface area contributed by atoms with Gasteiger partial charge in [-0.15, -0.1) is 0 Å². The fourth-order valence-electron chi connectivity index (χ4n) is 1.89. The maximum atomic E-state index is 5.95. The molecule has 2 N–H and O–H groups in total. The Labute approximate surface area is 112 Å². The van der Waals surface area contributed by atoms with Gasteiger partial charge >= 0.3 is 0 Å². The van der Waals surface area contributed by atoms with Gasteiger partial charge in [-0.3, -0.25) is 0 Å². The Kier molecular flexibility index (Phi) is 3.64. The van der Waals surface area contributed by atoms with Crippen LogP contribution in [0.3, 0.4) is 0 Å². The third-order valence-corrected chi connectivity index (χ3v) is 3.06. The summed E-state index contributed by atoms with van der Waals surface area (Å²) in [5.41, 5.74) is 8.44. The largest absolute Gasteiger partial charge is 0.493 e. The second-order valence-electron chi connectivity index (χ2n) is 4.37. The van der Waals surface area contributed by atoms with Crippen LogP contribution in [-0.4, -0.2) is 16.9 Å². The number of ether oxygens (including phenoxy) is 2. The molecule has 2 aromatic rings. The second-order valence-corrected chi connectivity index (χ2v) is 4.37. The highest BCUT2D eigenvalue weighted by molar-refractivity contribution is 5.55. The summed E-state index contributed by atoms with van der Waals surface area (Å²) in [5.74, 6) is 1.85. The van der Waals surface area contributed by atoms with Gasteiger partial charge in [0.15, 0.2) is 11.5 Å². The van der Waals surface area contributed by atoms with Crippen molar-refractivity contribution in [2.45, 2.75) is 20.3 Å². The first-order valence-electron chi connectivity index (χ1n) is 6.20. The monoisotopic (exact) mass is 261 g/mol. The molecule has 0 saturated heterocycles. The van der Waals surface area contributed by atoms with Crippen LogP contribution < -0.4 is 15.2 Å². The molecule has 0 radical (unpaired) electrons. The van der Waals surface area contributed by atoms with Gasteiger partial charge in [0.2, 0.25) is 5.88 Å². The van der Waals surface area contributed by atoms with Crippen LogP contribution in [-0.2, 0) is 13.5 Å². The first-order valence-corrected chi connectivity index (χ1v) is 6.20. The SMILES string of the molecule is CCc1ccc(Oc2c(N)c(C)nn2C)c(OC)c1. The van der Waals surface area contributed by atoms with Crippen molar-refractivity contribution in [3.05, 3.63) is 29.5 Å². The Hall–Kier alpha value is -2.17. The highest BCUT2D eigenvalue weighted by atomic mass is 16.5. The first kappa shape index (κ1) is 13.3. The van der Waals surface area contributed by atoms with E-state index in [2.05, 4.69) is 12.0 Å². The fourth-order valence-corrected chi connectivity index (χ4v) is 1.89. The van der Waals surface area contributed by atoms with E-state index >= 15 is 0 Å². The number of aromatic nitrogens is 2. The third-order valence-electron chi connectivity index (χ3n) is 3.06. The minimum Gasteiger partial charge on any atom is -0.493 e. The average Bonchev–Trinajstić information content (AvgIpc) is 2.65. The van der Waals surface area contributed by atoms with Crippen LogP contribution in [0.4, 0.5) is 5.69 Å². The Balaban J connectivity index is 2.37. The summed E-state index contributed by atoms with van der Waals surface area (Å²) in [6.07, 6.45) is 0.948. The zero-order valence-electron chi connectivity index (χ0n) is 11.7. The Morgan fingerprint density at radius 3 is 2.58 bits per heavy atom. The van der Waals surface area contributed by atoms with E-state index in [4.69, 9.17) is 15.2 Å². The topological polar surface area (TPSA) is 62.3 Å². The van der Waals surface area contributed by atoms with Crippen molar-refractivity contribution in [3.63, 3.8) is 0 Å². The predicted octanol–water partition coefficient (Wildman–Crippen LogP) is 2.67. The maximum Gasteiger partial charge on any atom is 0.241 e. The minimum atomic E-state index is 0.528. The highest BCUT2D eigenvalue weighted by Gasteiger charge is 2.14. The molecular formula is C14H19N3O2. The van der Waals surface area contributed by atoms with Gasteiger partial charge in [-0.25, -0.2) is 4.68 Å². The number of aryl methyl sites for hydroxylation is 3. The van der Waals surface area contributed by atoms with Crippen LogP contribution in [0.25, 0.3) is 0 Å². The molecule has 0 aliphatic carbocycles. The molecule has 0 saturated carbocycles. The molecule has 0 fully saturated rings. The lowest BCUT2D eigenvalue weighted by Crippen LogP contribution is -1.99. The molecule has 0 aliphatic heterocycles. The standard InChI is InChI=1S/C14H19N3O2/c1-5-10-6-7-11(12(8-10)18-4)19-14-13(15)9(2)16-17(14)3/h6-8H,5,15H2,1-4H3. The highest BCUT2D eigenvalue weighted by Crippen LogP contribution is 2.35. The molecule has 0 amide bonds. The maximum absolute atomic E-state index is 5.95. The van der Waals surface area contributed by atoms with Gasteiger partial charge in [0.05, 0.1) is 12.8 Å². The normalized spacial score (nSPS) is 10.5. The number of nitrogens with zero attached hydrogens (tertiary/aromatic N) is 2. The summed E-state index contributed by atoms with van der Waals surface area (Å²) in [5, 5.41) is 4.22. The van der Waals surface area contributed by atoms with Crippen LogP contribution in [0, 0.1) is 6.92 Å². The van der Waals surface area contributed by atoms with Crippen molar-refractivity contribution in [2.24, 2.45) is 7.05 Å². The van der Waals surface area contributed by atoms with E-state index in [9.17, 15) is 0 Å². The van der Waals surface area contributed by atoms with Crippen molar-refractivity contribution >= 4 is 5.69 Å². The van der Waals surface area contributed by atoms with Gasteiger partial charge in [-0.1, -0.05) is 13.0 Å². The van der Waals surface area contributed by atoms with E-state index in [0.717, 1.165) is 12.1 Å². The summed E-state index contributed by atoms with van der Waals surface area (Å²) in [6, 6.07) is 5.87. The van der Waals surface area contributed by atoms with E-state index < -0.39 is 0 Å². The molecule has 1 aromatic heterocycles. The van der Waals surface area contributed by atoms with Crippen LogP contribution >= 0.6 is 0 Å². The Morgan fingerprint density at radius 1 is 1.32 bits per heavy atom. The van der Waals surface area contributed by atoms with Crippen molar-refractivity contribution in [1.29, 1.82) is 0 Å². The van der Waals surface area contributed by atoms with Crippen molar-refractivity contribution < 1.29 is 9.47 Å². The van der Waals surface area contributed by atoms with Crippen molar-refractivity contribution in [3.8, 4) is 17.4 Å². The van der Waals surface area contributed by atoms with Crippen LogP contribution in [0.1, 0.15) is 18.2 Å². The fraction of sp³-hybridized carbons (Fsp3) is 0.357. The van der Waals surface area contributed by atoms with E-state index in [0.29, 0.717) is 23.1 Å². The number of nitrogens with two attached hydrogens (primary N) is 1. The first-order chi connectivity index (χ1) is 9.06. The Bertz CT molecular complexity index is 591. The summed E-state index contributed by atoms with van der Waals surface area (Å²) in [7, 11) is 3.42. The summed E-state index contributed by atoms with van der Waals surface area (Å²) >= 11 is 0. The lowest BCUT2D eigenvalue weighted by atomic mass is 10.1. The van der Waals surface area contributed by atoms with E-state index in [-0.39, 0.29) is 0 Å². The van der Waals surface area contributed by atoms with Gasteiger partial charge in [-0.05, 0) is 31.0 Å². The molecule has 2 rings (SSSR count). The van der Waals surface area contributed by atoms with Crippen molar-refractivity contribution in [2.75, 3.05) is 12.8 Å². The van der Waals surface area contributed by atoms with Gasteiger partial charge in [0.1, 0.15) is 5.69 Å². The number of hydrogen-bond acceptors (Lipinski definition) is 4. The molecule has 0 spiro atoms. The summed E-state index contributed by atoms with van der Waals surface area (Å²) in [4.78, 5) is 0. The number of benzene rings is 1. The molecular weight excluding hydrogens is 242 g/mol. The quantitative estimate of drug-likeness (QED) is 0.919. The molecule has 1 aromatic carbocycles. The average molecular weight is 261 g/mol. The number of methoxy groups -OCH3 is 1. The molecule has 102 valence electrons. The summed E-state index contributed by atoms with van der Waals surface area (Å²) < 4.78 is 12.8. The third kappa shape index (κ3) is 2.50. The molecule has 0 bridgehead atoms. The van der Waals surface area contributed by atoms with Gasteiger partial charge in [0, 0.05) is 7.05 Å². The van der Waals surface area contributed by atoms with Crippen LogP contribution in [0.5, 0.6) is 17.4 Å². The molecule has 0 unspecified atom stereocenters. The lowest BCUT2D eigenvalue weighted by molar-refractivity contribution is 0.366. The minimum absolute atomic E-state index is 0.528. The molecule has 5 nitrogen and oxygen atoms in total. The number of rotatable bonds is 4. The zero-order valence-corrected chi connectivity index (χ0v) is 11.7. The molecule has 19 heavy (non-hydrogen) atoms. The molecule has 1 heterocycles. The number of hydrogen-bond donors (Lipinski definition) is 1. The number of nitrogen functional groups attached to an aromatic ring is 1. The van der Waals surface area contributed by atoms with Gasteiger partial charge in [-0.2, -0.15) is 5.10 Å². The van der Waals surface area contributed by atoms with Gasteiger partial charge in [0.25, 0.3) is 0 Å². The van der Waals surface area contributed by atoms with Crippen molar-refractivity contribution in [1.82, 2.24) is 9.78 Å². The lowest BCUT2D eigenvalue weighted by Gasteiger charge is -2.12. The zero-order chi connectivity index (χ0) is 14.0. The molecule has 0 atom stereocenters. The summed E-state index contributed by atoms with van der Waals surface area (Å²) in [6.45, 7) is 3.94. The predicted molar refractivity (Wildman–Crippen MR) is 74.8 cm³/mol. The van der Waals surface area contributed by atoms with Crippen LogP contribution in [0.15, 0.2) is 18.2 Å². The Morgan fingerprint density at radius 2 is 2.05 bits per heavy atom. The van der Waals surface area contributed by atoms with E-state index in [1.807, 2.05) is 25.1 Å². The smallest absolute Gasteiger partial charge is 0.241 e. The number of anilines is 1. The van der Waals surface area contributed by atoms with E-state index in [1.54, 1.807) is 18.8 Å². The molecule has 5 heteroatoms. The van der Waals surface area contributed by atoms with Crippen LogP contribution in [0.2, 0.25) is 0 Å².